The van der Waals surface area contributed by atoms with E-state index in [9.17, 15) is 9.59 Å². The second kappa shape index (κ2) is 7.97. The first kappa shape index (κ1) is 21.3. The van der Waals surface area contributed by atoms with Crippen molar-refractivity contribution in [1.29, 1.82) is 0 Å². The van der Waals surface area contributed by atoms with Crippen molar-refractivity contribution in [3.05, 3.63) is 81.3 Å². The van der Waals surface area contributed by atoms with E-state index >= 15 is 0 Å². The van der Waals surface area contributed by atoms with Crippen molar-refractivity contribution >= 4 is 29.1 Å². The molecule has 0 fully saturated rings. The molecule has 0 saturated carbocycles. The Morgan fingerprint density at radius 2 is 1.84 bits per heavy atom. The molecule has 0 bridgehead atoms. The van der Waals surface area contributed by atoms with Crippen LogP contribution in [0, 0.1) is 12.3 Å². The lowest BCUT2D eigenvalue weighted by Crippen LogP contribution is -2.39. The number of pyridine rings is 1. The lowest BCUT2D eigenvalue weighted by Gasteiger charge is -2.39. The third-order valence-corrected chi connectivity index (χ3v) is 6.09. The molecule has 0 saturated heterocycles. The Hall–Kier alpha value is -2.92. The summed E-state index contributed by atoms with van der Waals surface area (Å²) < 4.78 is 0. The summed E-state index contributed by atoms with van der Waals surface area (Å²) in [6.07, 6.45) is 2.91. The molecule has 2 heterocycles. The molecule has 4 rings (SSSR count). The highest BCUT2D eigenvalue weighted by atomic mass is 35.5. The number of aromatic nitrogens is 1. The zero-order valence-electron chi connectivity index (χ0n) is 18.2. The zero-order chi connectivity index (χ0) is 22.3. The van der Waals surface area contributed by atoms with Gasteiger partial charge in [-0.1, -0.05) is 43.6 Å². The summed E-state index contributed by atoms with van der Waals surface area (Å²) in [6.45, 7) is 8.02. The van der Waals surface area contributed by atoms with Crippen molar-refractivity contribution < 1.29 is 9.59 Å². The van der Waals surface area contributed by atoms with Crippen LogP contribution in [0.4, 0.5) is 5.82 Å². The van der Waals surface area contributed by atoms with E-state index in [-0.39, 0.29) is 17.1 Å². The highest BCUT2D eigenvalue weighted by molar-refractivity contribution is 6.30. The number of allylic oxidation sites excluding steroid dienone is 3. The van der Waals surface area contributed by atoms with Crippen LogP contribution >= 0.6 is 11.6 Å². The first-order chi connectivity index (χ1) is 14.6. The van der Waals surface area contributed by atoms with Crippen LogP contribution in [0.25, 0.3) is 0 Å². The number of carbonyl (C=O) groups is 2. The van der Waals surface area contributed by atoms with Gasteiger partial charge in [0.25, 0.3) is 5.91 Å². The van der Waals surface area contributed by atoms with Gasteiger partial charge in [0.05, 0.1) is 0 Å². The largest absolute Gasteiger partial charge is 0.362 e. The van der Waals surface area contributed by atoms with Gasteiger partial charge in [-0.2, -0.15) is 0 Å². The third kappa shape index (κ3) is 4.28. The van der Waals surface area contributed by atoms with Crippen LogP contribution in [0.2, 0.25) is 5.02 Å². The number of dihydropyridines is 1. The number of hydrogen-bond donors (Lipinski definition) is 2. The normalized spacial score (nSPS) is 20.3. The first-order valence-corrected chi connectivity index (χ1v) is 10.8. The minimum atomic E-state index is -0.456. The Morgan fingerprint density at radius 1 is 1.13 bits per heavy atom. The predicted octanol–water partition coefficient (Wildman–Crippen LogP) is 5.29. The summed E-state index contributed by atoms with van der Waals surface area (Å²) >= 11 is 6.11. The number of rotatable bonds is 3. The Morgan fingerprint density at radius 3 is 2.48 bits per heavy atom. The fraction of sp³-hybridized carbons (Fsp3) is 0.320. The second-order valence-corrected chi connectivity index (χ2v) is 9.59. The number of nitrogens with zero attached hydrogens (tertiary/aromatic N) is 1. The summed E-state index contributed by atoms with van der Waals surface area (Å²) in [7, 11) is 0. The van der Waals surface area contributed by atoms with Gasteiger partial charge >= 0.3 is 0 Å². The van der Waals surface area contributed by atoms with E-state index in [2.05, 4.69) is 29.5 Å². The van der Waals surface area contributed by atoms with Gasteiger partial charge < -0.3 is 10.6 Å². The van der Waals surface area contributed by atoms with Crippen LogP contribution in [0.3, 0.4) is 0 Å². The number of ketones is 1. The molecule has 2 N–H and O–H groups in total. The summed E-state index contributed by atoms with van der Waals surface area (Å²) in [5.74, 6) is -0.181. The standard InChI is InChI=1S/C25H26ClN3O2/c1-14-5-10-20(27-13-14)29-24(31)21-15(2)28-18-11-25(3,4)12-19(30)23(18)22(21)16-6-8-17(26)9-7-16/h5-10,13,22,28H,11-12H2,1-4H3,(H,27,29,31)/t22-/m1/s1. The van der Waals surface area contributed by atoms with Gasteiger partial charge in [0.2, 0.25) is 0 Å². The molecule has 1 amide bonds. The fourth-order valence-electron chi connectivity index (χ4n) is 4.45. The van der Waals surface area contributed by atoms with Gasteiger partial charge in [0, 0.05) is 46.1 Å². The number of carbonyl (C=O) groups excluding carboxylic acids is 2. The van der Waals surface area contributed by atoms with Crippen molar-refractivity contribution in [2.45, 2.75) is 46.5 Å². The Bertz CT molecular complexity index is 1110. The Balaban J connectivity index is 1.79. The van der Waals surface area contributed by atoms with Gasteiger partial charge in [-0.25, -0.2) is 4.98 Å². The highest BCUT2D eigenvalue weighted by Gasteiger charge is 2.42. The molecule has 0 radical (unpaired) electrons. The fourth-order valence-corrected chi connectivity index (χ4v) is 4.58. The topological polar surface area (TPSA) is 71.1 Å². The highest BCUT2D eigenvalue weighted by Crippen LogP contribution is 2.46. The van der Waals surface area contributed by atoms with Crippen molar-refractivity contribution in [3.63, 3.8) is 0 Å². The second-order valence-electron chi connectivity index (χ2n) is 9.16. The SMILES string of the molecule is CC1=C(C(=O)Nc2ccc(C)cn2)[C@@H](c2ccc(Cl)cc2)C2=C(CC(C)(C)CC2=O)N1. The Kier molecular flexibility index (Phi) is 5.48. The van der Waals surface area contributed by atoms with Crippen LogP contribution in [-0.4, -0.2) is 16.7 Å². The van der Waals surface area contributed by atoms with Crippen molar-refractivity contribution in [2.24, 2.45) is 5.41 Å². The average Bonchev–Trinajstić information content (AvgIpc) is 2.68. The molecule has 2 aliphatic rings. The van der Waals surface area contributed by atoms with Crippen LogP contribution < -0.4 is 10.6 Å². The number of aryl methyl sites for hydroxylation is 1. The van der Waals surface area contributed by atoms with Gasteiger partial charge in [-0.15, -0.1) is 0 Å². The molecule has 1 atom stereocenters. The van der Waals surface area contributed by atoms with Crippen molar-refractivity contribution in [1.82, 2.24) is 10.3 Å². The lowest BCUT2D eigenvalue weighted by molar-refractivity contribution is -0.118. The molecule has 2 aromatic rings. The van der Waals surface area contributed by atoms with E-state index in [1.807, 2.05) is 32.0 Å². The monoisotopic (exact) mass is 435 g/mol. The summed E-state index contributed by atoms with van der Waals surface area (Å²) in [5, 5.41) is 6.88. The maximum Gasteiger partial charge on any atom is 0.255 e. The molecule has 0 unspecified atom stereocenters. The minimum absolute atomic E-state index is 0.0740. The molecule has 6 heteroatoms. The number of nitrogens with one attached hydrogen (secondary N) is 2. The summed E-state index contributed by atoms with van der Waals surface area (Å²) in [6, 6.07) is 11.0. The van der Waals surface area contributed by atoms with E-state index in [0.717, 1.165) is 28.9 Å². The number of halogens is 1. The summed E-state index contributed by atoms with van der Waals surface area (Å²) in [5.41, 5.74) is 4.60. The molecule has 1 aliphatic heterocycles. The Labute approximate surface area is 187 Å². The van der Waals surface area contributed by atoms with E-state index < -0.39 is 5.92 Å². The minimum Gasteiger partial charge on any atom is -0.362 e. The van der Waals surface area contributed by atoms with Crippen LogP contribution in [0.1, 0.15) is 50.7 Å². The zero-order valence-corrected chi connectivity index (χ0v) is 18.9. The number of amides is 1. The maximum absolute atomic E-state index is 13.4. The molecular formula is C25H26ClN3O2. The number of benzene rings is 1. The molecule has 160 valence electrons. The smallest absolute Gasteiger partial charge is 0.255 e. The number of hydrogen-bond acceptors (Lipinski definition) is 4. The maximum atomic E-state index is 13.4. The van der Waals surface area contributed by atoms with Crippen LogP contribution in [-0.2, 0) is 9.59 Å². The van der Waals surface area contributed by atoms with Crippen molar-refractivity contribution in [3.8, 4) is 0 Å². The molecule has 31 heavy (non-hydrogen) atoms. The molecule has 1 aromatic heterocycles. The average molecular weight is 436 g/mol. The number of anilines is 1. The van der Waals surface area contributed by atoms with Crippen molar-refractivity contribution in [2.75, 3.05) is 5.32 Å². The van der Waals surface area contributed by atoms with E-state index in [1.54, 1.807) is 24.4 Å². The molecular weight excluding hydrogens is 410 g/mol. The summed E-state index contributed by atoms with van der Waals surface area (Å²) in [4.78, 5) is 31.0. The van der Waals surface area contributed by atoms with Gasteiger partial charge in [0.1, 0.15) is 5.82 Å². The van der Waals surface area contributed by atoms with Crippen LogP contribution in [0.5, 0.6) is 0 Å². The first-order valence-electron chi connectivity index (χ1n) is 10.4. The van der Waals surface area contributed by atoms with E-state index in [0.29, 0.717) is 28.4 Å². The van der Waals surface area contributed by atoms with Gasteiger partial charge in [0.15, 0.2) is 5.78 Å². The molecule has 1 aromatic carbocycles. The molecule has 5 nitrogen and oxygen atoms in total. The number of Topliss-reactive ketones (excluding diaryl/α,β-unsaturated/α-hetero) is 1. The molecule has 1 aliphatic carbocycles. The lowest BCUT2D eigenvalue weighted by atomic mass is 9.68. The van der Waals surface area contributed by atoms with Gasteiger partial charge in [-0.05, 0) is 55.0 Å². The predicted molar refractivity (Wildman–Crippen MR) is 123 cm³/mol. The third-order valence-electron chi connectivity index (χ3n) is 5.84. The van der Waals surface area contributed by atoms with Gasteiger partial charge in [-0.3, -0.25) is 9.59 Å². The quantitative estimate of drug-likeness (QED) is 0.687. The van der Waals surface area contributed by atoms with E-state index in [1.165, 1.54) is 0 Å². The molecule has 0 spiro atoms. The van der Waals surface area contributed by atoms with Crippen LogP contribution in [0.15, 0.2) is 65.1 Å². The van der Waals surface area contributed by atoms with E-state index in [4.69, 9.17) is 11.6 Å².